The number of ketones is 1. The van der Waals surface area contributed by atoms with E-state index in [9.17, 15) is 9.59 Å². The zero-order valence-electron chi connectivity index (χ0n) is 19.2. The maximum atomic E-state index is 13.2. The number of nitrogens with one attached hydrogen (secondary N) is 1. The maximum absolute atomic E-state index is 13.2. The minimum atomic E-state index is -1.11. The van der Waals surface area contributed by atoms with Gasteiger partial charge in [0.1, 0.15) is 5.54 Å². The summed E-state index contributed by atoms with van der Waals surface area (Å²) in [5.74, 6) is -0.642. The van der Waals surface area contributed by atoms with E-state index < -0.39 is 23.7 Å². The highest BCUT2D eigenvalue weighted by Gasteiger charge is 2.48. The van der Waals surface area contributed by atoms with Crippen LogP contribution in [0.4, 0.5) is 5.69 Å². The number of allylic oxidation sites excluding steroid dienone is 2. The first-order valence-corrected chi connectivity index (χ1v) is 10.9. The second-order valence-corrected chi connectivity index (χ2v) is 8.38. The van der Waals surface area contributed by atoms with Crippen molar-refractivity contribution in [2.24, 2.45) is 0 Å². The number of hydrogen-bond acceptors (Lipinski definition) is 8. The van der Waals surface area contributed by atoms with Crippen molar-refractivity contribution >= 4 is 17.4 Å². The molecule has 0 radical (unpaired) electrons. The van der Waals surface area contributed by atoms with E-state index in [1.165, 1.54) is 7.11 Å². The van der Waals surface area contributed by atoms with Gasteiger partial charge in [-0.05, 0) is 44.5 Å². The standard InChI is InChI=1S/C25H28N4O4/c1-16-15-17(2)28-24(27-16)33-22(23(31)32-4)21-18-9-5-6-10-19(18)26-13-14-29(21)25(3)12-8-7-11-20(25)30/h5-12,15,21-22,26H,13-14H2,1-4H3/t21-,22-,25?/m0/s1. The number of benzene rings is 1. The second kappa shape index (κ2) is 9.15. The number of nitrogens with zero attached hydrogens (tertiary/aromatic N) is 3. The summed E-state index contributed by atoms with van der Waals surface area (Å²) in [6.07, 6.45) is 5.88. The van der Waals surface area contributed by atoms with Gasteiger partial charge >= 0.3 is 12.0 Å². The third kappa shape index (κ3) is 4.39. The number of methoxy groups -OCH3 is 1. The van der Waals surface area contributed by atoms with Gasteiger partial charge in [0.05, 0.1) is 13.2 Å². The molecule has 0 amide bonds. The van der Waals surface area contributed by atoms with Crippen LogP contribution in [0.2, 0.25) is 0 Å². The number of anilines is 1. The number of esters is 1. The molecule has 1 aromatic carbocycles. The third-order valence-corrected chi connectivity index (χ3v) is 6.07. The van der Waals surface area contributed by atoms with Gasteiger partial charge < -0.3 is 14.8 Å². The monoisotopic (exact) mass is 448 g/mol. The fourth-order valence-electron chi connectivity index (χ4n) is 4.47. The fraction of sp³-hybridized carbons (Fsp3) is 0.360. The van der Waals surface area contributed by atoms with Crippen LogP contribution in [0.1, 0.15) is 29.9 Å². The number of para-hydroxylation sites is 1. The Morgan fingerprint density at radius 2 is 1.94 bits per heavy atom. The Morgan fingerprint density at radius 3 is 2.64 bits per heavy atom. The molecule has 4 rings (SSSR count). The summed E-state index contributed by atoms with van der Waals surface area (Å²) in [6, 6.07) is 8.99. The van der Waals surface area contributed by atoms with Crippen LogP contribution >= 0.6 is 0 Å². The predicted molar refractivity (Wildman–Crippen MR) is 124 cm³/mol. The summed E-state index contributed by atoms with van der Waals surface area (Å²) in [5, 5.41) is 3.42. The number of aryl methyl sites for hydroxylation is 2. The van der Waals surface area contributed by atoms with Crippen molar-refractivity contribution in [3.8, 4) is 6.01 Å². The molecule has 0 fully saturated rings. The lowest BCUT2D eigenvalue weighted by Crippen LogP contribution is -2.57. The molecular weight excluding hydrogens is 420 g/mol. The summed E-state index contributed by atoms with van der Waals surface area (Å²) in [6.45, 7) is 6.61. The van der Waals surface area contributed by atoms with Crippen LogP contribution in [0.25, 0.3) is 0 Å². The SMILES string of the molecule is COC(=O)[C@@H](Oc1nc(C)cc(C)n1)[C@@H]1c2ccccc2NCCN1C1(C)C=CC=CC1=O. The third-order valence-electron chi connectivity index (χ3n) is 6.07. The molecule has 1 unspecified atom stereocenters. The molecule has 2 aromatic rings. The zero-order valence-corrected chi connectivity index (χ0v) is 19.2. The van der Waals surface area contributed by atoms with Crippen LogP contribution in [0.15, 0.2) is 54.6 Å². The number of rotatable bonds is 5. The normalized spacial score (nSPS) is 23.3. The quantitative estimate of drug-likeness (QED) is 0.698. The molecule has 2 aliphatic rings. The fourth-order valence-corrected chi connectivity index (χ4v) is 4.47. The summed E-state index contributed by atoms with van der Waals surface area (Å²) in [4.78, 5) is 37.0. The van der Waals surface area contributed by atoms with Crippen molar-refractivity contribution in [1.29, 1.82) is 0 Å². The first kappa shape index (κ1) is 22.7. The summed E-state index contributed by atoms with van der Waals surface area (Å²) in [5.41, 5.74) is 2.17. The summed E-state index contributed by atoms with van der Waals surface area (Å²) in [7, 11) is 1.32. The summed E-state index contributed by atoms with van der Waals surface area (Å²) >= 11 is 0. The topological polar surface area (TPSA) is 93.7 Å². The Labute approximate surface area is 193 Å². The average molecular weight is 449 g/mol. The molecule has 3 atom stereocenters. The lowest BCUT2D eigenvalue weighted by atomic mass is 9.85. The molecule has 0 bridgehead atoms. The molecule has 1 aliphatic heterocycles. The lowest BCUT2D eigenvalue weighted by Gasteiger charge is -2.44. The average Bonchev–Trinajstić information content (AvgIpc) is 2.98. The highest BCUT2D eigenvalue weighted by atomic mass is 16.6. The van der Waals surface area contributed by atoms with Gasteiger partial charge in [-0.1, -0.05) is 36.4 Å². The largest absolute Gasteiger partial charge is 0.466 e. The van der Waals surface area contributed by atoms with E-state index >= 15 is 0 Å². The molecule has 8 heteroatoms. The van der Waals surface area contributed by atoms with Gasteiger partial charge in [0.25, 0.3) is 0 Å². The first-order valence-electron chi connectivity index (χ1n) is 10.9. The summed E-state index contributed by atoms with van der Waals surface area (Å²) < 4.78 is 11.3. The van der Waals surface area contributed by atoms with E-state index in [2.05, 4.69) is 15.3 Å². The molecule has 8 nitrogen and oxygen atoms in total. The highest BCUT2D eigenvalue weighted by Crippen LogP contribution is 2.40. The molecule has 0 saturated heterocycles. The molecule has 0 saturated carbocycles. The van der Waals surface area contributed by atoms with Gasteiger partial charge in [-0.25, -0.2) is 14.8 Å². The van der Waals surface area contributed by atoms with Crippen molar-refractivity contribution in [3.63, 3.8) is 0 Å². The van der Waals surface area contributed by atoms with E-state index in [4.69, 9.17) is 9.47 Å². The van der Waals surface area contributed by atoms with Crippen molar-refractivity contribution < 1.29 is 19.1 Å². The molecule has 0 spiro atoms. The number of carbonyl (C=O) groups excluding carboxylic acids is 2. The van der Waals surface area contributed by atoms with Gasteiger partial charge in [0.2, 0.25) is 6.10 Å². The Bertz CT molecular complexity index is 1110. The highest BCUT2D eigenvalue weighted by molar-refractivity contribution is 6.00. The second-order valence-electron chi connectivity index (χ2n) is 8.38. The van der Waals surface area contributed by atoms with Crippen LogP contribution in [0.3, 0.4) is 0 Å². The van der Waals surface area contributed by atoms with E-state index in [0.717, 1.165) is 22.6 Å². The first-order chi connectivity index (χ1) is 15.8. The Balaban J connectivity index is 1.87. The number of carbonyl (C=O) groups is 2. The van der Waals surface area contributed by atoms with E-state index in [0.29, 0.717) is 13.1 Å². The van der Waals surface area contributed by atoms with Crippen molar-refractivity contribution in [1.82, 2.24) is 14.9 Å². The van der Waals surface area contributed by atoms with Crippen LogP contribution in [-0.2, 0) is 14.3 Å². The number of ether oxygens (including phenoxy) is 2. The van der Waals surface area contributed by atoms with E-state index in [-0.39, 0.29) is 11.8 Å². The van der Waals surface area contributed by atoms with Crippen molar-refractivity contribution in [3.05, 3.63) is 71.6 Å². The van der Waals surface area contributed by atoms with Gasteiger partial charge in [-0.2, -0.15) is 0 Å². The van der Waals surface area contributed by atoms with Gasteiger partial charge in [-0.3, -0.25) is 9.69 Å². The zero-order chi connectivity index (χ0) is 23.6. The molecule has 2 heterocycles. The van der Waals surface area contributed by atoms with Crippen LogP contribution in [0.5, 0.6) is 6.01 Å². The van der Waals surface area contributed by atoms with Crippen molar-refractivity contribution in [2.75, 3.05) is 25.5 Å². The minimum absolute atomic E-state index is 0.0688. The molecule has 33 heavy (non-hydrogen) atoms. The van der Waals surface area contributed by atoms with Crippen LogP contribution < -0.4 is 10.1 Å². The maximum Gasteiger partial charge on any atom is 0.349 e. The molecule has 172 valence electrons. The van der Waals surface area contributed by atoms with E-state index in [1.54, 1.807) is 12.2 Å². The van der Waals surface area contributed by atoms with Gasteiger partial charge in [0.15, 0.2) is 5.78 Å². The smallest absolute Gasteiger partial charge is 0.349 e. The number of hydrogen-bond donors (Lipinski definition) is 1. The molecule has 1 aromatic heterocycles. The Morgan fingerprint density at radius 1 is 1.21 bits per heavy atom. The lowest BCUT2D eigenvalue weighted by molar-refractivity contribution is -0.155. The van der Waals surface area contributed by atoms with Gasteiger partial charge in [-0.15, -0.1) is 0 Å². The van der Waals surface area contributed by atoms with Crippen molar-refractivity contribution in [2.45, 2.75) is 38.5 Å². The molecule has 1 N–H and O–H groups in total. The number of fused-ring (bicyclic) bond motifs is 1. The van der Waals surface area contributed by atoms with Gasteiger partial charge in [0, 0.05) is 30.2 Å². The Hall–Kier alpha value is -3.52. The van der Waals surface area contributed by atoms with E-state index in [1.807, 2.05) is 68.2 Å². The predicted octanol–water partition coefficient (Wildman–Crippen LogP) is 2.94. The van der Waals surface area contributed by atoms with Crippen LogP contribution in [-0.4, -0.2) is 58.5 Å². The molecular formula is C25H28N4O4. The minimum Gasteiger partial charge on any atom is -0.466 e. The van der Waals surface area contributed by atoms with Crippen LogP contribution in [0, 0.1) is 13.8 Å². The number of aromatic nitrogens is 2. The molecule has 1 aliphatic carbocycles. The Kier molecular flexibility index (Phi) is 6.29.